The quantitative estimate of drug-likeness (QED) is 0.713. The summed E-state index contributed by atoms with van der Waals surface area (Å²) in [5, 5.41) is 0. The number of rotatable bonds is 5. The Labute approximate surface area is 86.1 Å². The number of nitrogens with two attached hydrogens (primary N) is 1. The zero-order valence-corrected chi connectivity index (χ0v) is 9.42. The van der Waals surface area contributed by atoms with Crippen LogP contribution in [0.1, 0.15) is 26.7 Å². The number of aliphatic imine (C=N–C) groups is 1. The summed E-state index contributed by atoms with van der Waals surface area (Å²) in [6.45, 7) is 6.75. The number of ether oxygens (including phenoxy) is 1. The van der Waals surface area contributed by atoms with Crippen molar-refractivity contribution in [3.63, 3.8) is 0 Å². The molecule has 0 aliphatic carbocycles. The molecule has 0 spiro atoms. The van der Waals surface area contributed by atoms with Crippen molar-refractivity contribution in [3.05, 3.63) is 0 Å². The first-order valence-corrected chi connectivity index (χ1v) is 5.26. The largest absolute Gasteiger partial charge is 0.382 e. The highest BCUT2D eigenvalue weighted by molar-refractivity contribution is 5.81. The van der Waals surface area contributed by atoms with Gasteiger partial charge in [0, 0.05) is 13.7 Å². The van der Waals surface area contributed by atoms with Crippen molar-refractivity contribution in [1.29, 1.82) is 0 Å². The highest BCUT2D eigenvalue weighted by Crippen LogP contribution is 2.25. The fourth-order valence-corrected chi connectivity index (χ4v) is 2.01. The fourth-order valence-electron chi connectivity index (χ4n) is 2.01. The van der Waals surface area contributed by atoms with Gasteiger partial charge in [-0.3, -0.25) is 4.99 Å². The van der Waals surface area contributed by atoms with Crippen LogP contribution in [0, 0.1) is 0 Å². The molecule has 0 fully saturated rings. The van der Waals surface area contributed by atoms with E-state index in [1.165, 1.54) is 0 Å². The highest BCUT2D eigenvalue weighted by Gasteiger charge is 2.40. The molecule has 82 valence electrons. The molecule has 4 heteroatoms. The molecule has 0 radical (unpaired) electrons. The van der Waals surface area contributed by atoms with Gasteiger partial charge in [-0.15, -0.1) is 0 Å². The van der Waals surface area contributed by atoms with Crippen molar-refractivity contribution in [2.75, 3.05) is 26.8 Å². The molecule has 1 unspecified atom stereocenters. The van der Waals surface area contributed by atoms with Crippen LogP contribution in [0.3, 0.4) is 0 Å². The van der Waals surface area contributed by atoms with E-state index in [1.54, 1.807) is 7.11 Å². The van der Waals surface area contributed by atoms with Crippen molar-refractivity contribution in [1.82, 2.24) is 4.90 Å². The van der Waals surface area contributed by atoms with Gasteiger partial charge in [-0.2, -0.15) is 0 Å². The molecule has 0 saturated carbocycles. The molecule has 14 heavy (non-hydrogen) atoms. The van der Waals surface area contributed by atoms with E-state index >= 15 is 0 Å². The van der Waals surface area contributed by atoms with E-state index in [-0.39, 0.29) is 5.54 Å². The highest BCUT2D eigenvalue weighted by atomic mass is 16.5. The SMILES string of the molecule is CCCN1C(N)=NCC1(CC)COC. The molecule has 1 aliphatic rings. The number of guanidine groups is 1. The van der Waals surface area contributed by atoms with Gasteiger partial charge in [0.05, 0.1) is 18.7 Å². The predicted molar refractivity (Wildman–Crippen MR) is 58.4 cm³/mol. The van der Waals surface area contributed by atoms with Crippen LogP contribution in [0.5, 0.6) is 0 Å². The monoisotopic (exact) mass is 199 g/mol. The van der Waals surface area contributed by atoms with Gasteiger partial charge < -0.3 is 15.4 Å². The van der Waals surface area contributed by atoms with Crippen molar-refractivity contribution in [2.45, 2.75) is 32.2 Å². The van der Waals surface area contributed by atoms with Crippen LogP contribution < -0.4 is 5.73 Å². The zero-order chi connectivity index (χ0) is 10.6. The van der Waals surface area contributed by atoms with Gasteiger partial charge in [0.25, 0.3) is 0 Å². The van der Waals surface area contributed by atoms with Crippen LogP contribution in [-0.2, 0) is 4.74 Å². The second-order valence-electron chi connectivity index (χ2n) is 3.84. The van der Waals surface area contributed by atoms with E-state index in [4.69, 9.17) is 10.5 Å². The lowest BCUT2D eigenvalue weighted by molar-refractivity contribution is 0.0634. The first-order chi connectivity index (χ1) is 6.70. The zero-order valence-electron chi connectivity index (χ0n) is 9.42. The lowest BCUT2D eigenvalue weighted by Gasteiger charge is -2.37. The molecule has 1 heterocycles. The van der Waals surface area contributed by atoms with Crippen LogP contribution in [0.25, 0.3) is 0 Å². The molecule has 2 N–H and O–H groups in total. The lowest BCUT2D eigenvalue weighted by Crippen LogP contribution is -2.54. The van der Waals surface area contributed by atoms with Crippen LogP contribution in [0.4, 0.5) is 0 Å². The summed E-state index contributed by atoms with van der Waals surface area (Å²) in [6.07, 6.45) is 2.10. The van der Waals surface area contributed by atoms with E-state index in [1.807, 2.05) is 0 Å². The Morgan fingerprint density at radius 3 is 2.79 bits per heavy atom. The summed E-state index contributed by atoms with van der Waals surface area (Å²) in [4.78, 5) is 6.51. The molecular weight excluding hydrogens is 178 g/mol. The van der Waals surface area contributed by atoms with Gasteiger partial charge >= 0.3 is 0 Å². The third kappa shape index (κ3) is 1.85. The second-order valence-corrected chi connectivity index (χ2v) is 3.84. The second kappa shape index (κ2) is 4.64. The summed E-state index contributed by atoms with van der Waals surface area (Å²) < 4.78 is 5.27. The maximum Gasteiger partial charge on any atom is 0.191 e. The molecular formula is C10H21N3O. The average Bonchev–Trinajstić information content (AvgIpc) is 2.48. The number of nitrogens with zero attached hydrogens (tertiary/aromatic N) is 2. The Balaban J connectivity index is 2.76. The Kier molecular flexibility index (Phi) is 3.75. The standard InChI is InChI=1S/C10H21N3O/c1-4-6-13-9(11)12-7-10(13,5-2)8-14-3/h4-8H2,1-3H3,(H2,11,12). The Morgan fingerprint density at radius 2 is 2.29 bits per heavy atom. The molecule has 0 aromatic carbocycles. The summed E-state index contributed by atoms with van der Waals surface area (Å²) >= 11 is 0. The topological polar surface area (TPSA) is 50.8 Å². The minimum Gasteiger partial charge on any atom is -0.382 e. The average molecular weight is 199 g/mol. The molecule has 1 rings (SSSR count). The first-order valence-electron chi connectivity index (χ1n) is 5.26. The minimum absolute atomic E-state index is 0.00877. The van der Waals surface area contributed by atoms with Gasteiger partial charge in [-0.25, -0.2) is 0 Å². The van der Waals surface area contributed by atoms with Crippen LogP contribution >= 0.6 is 0 Å². The Morgan fingerprint density at radius 1 is 1.57 bits per heavy atom. The molecule has 0 aromatic rings. The van der Waals surface area contributed by atoms with E-state index in [9.17, 15) is 0 Å². The van der Waals surface area contributed by atoms with Gasteiger partial charge in [0.15, 0.2) is 5.96 Å². The van der Waals surface area contributed by atoms with Crippen LogP contribution in [-0.4, -0.2) is 43.2 Å². The predicted octanol–water partition coefficient (Wildman–Crippen LogP) is 0.822. The number of hydrogen-bond acceptors (Lipinski definition) is 4. The van der Waals surface area contributed by atoms with Crippen LogP contribution in [0.2, 0.25) is 0 Å². The number of methoxy groups -OCH3 is 1. The van der Waals surface area contributed by atoms with Gasteiger partial charge in [0.2, 0.25) is 0 Å². The van der Waals surface area contributed by atoms with E-state index in [0.717, 1.165) is 25.9 Å². The number of hydrogen-bond donors (Lipinski definition) is 1. The smallest absolute Gasteiger partial charge is 0.191 e. The Bertz CT molecular complexity index is 217. The Hall–Kier alpha value is -0.770. The van der Waals surface area contributed by atoms with Crippen molar-refractivity contribution >= 4 is 5.96 Å². The van der Waals surface area contributed by atoms with Gasteiger partial charge in [-0.1, -0.05) is 13.8 Å². The maximum absolute atomic E-state index is 5.87. The summed E-state index contributed by atoms with van der Waals surface area (Å²) in [5.74, 6) is 0.672. The molecule has 0 saturated heterocycles. The third-order valence-corrected chi connectivity index (χ3v) is 2.90. The van der Waals surface area contributed by atoms with Crippen LogP contribution in [0.15, 0.2) is 4.99 Å². The maximum atomic E-state index is 5.87. The molecule has 4 nitrogen and oxygen atoms in total. The normalized spacial score (nSPS) is 26.8. The van der Waals surface area contributed by atoms with Crippen molar-refractivity contribution in [2.24, 2.45) is 10.7 Å². The minimum atomic E-state index is 0.00877. The van der Waals surface area contributed by atoms with Gasteiger partial charge in [-0.05, 0) is 12.8 Å². The molecule has 1 aliphatic heterocycles. The molecule has 1 atom stereocenters. The van der Waals surface area contributed by atoms with Gasteiger partial charge in [0.1, 0.15) is 0 Å². The van der Waals surface area contributed by atoms with Crippen molar-refractivity contribution in [3.8, 4) is 0 Å². The molecule has 0 aromatic heterocycles. The van der Waals surface area contributed by atoms with E-state index < -0.39 is 0 Å². The third-order valence-electron chi connectivity index (χ3n) is 2.90. The fraction of sp³-hybridized carbons (Fsp3) is 0.900. The summed E-state index contributed by atoms with van der Waals surface area (Å²) in [5.41, 5.74) is 5.88. The molecule has 0 amide bonds. The lowest BCUT2D eigenvalue weighted by atomic mass is 9.96. The van der Waals surface area contributed by atoms with Crippen molar-refractivity contribution < 1.29 is 4.74 Å². The first kappa shape index (κ1) is 11.3. The van der Waals surface area contributed by atoms with E-state index in [0.29, 0.717) is 12.6 Å². The summed E-state index contributed by atoms with van der Waals surface area (Å²) in [6, 6.07) is 0. The van der Waals surface area contributed by atoms with E-state index in [2.05, 4.69) is 23.7 Å². The molecule has 0 bridgehead atoms. The summed E-state index contributed by atoms with van der Waals surface area (Å²) in [7, 11) is 1.73.